The largest absolute Gasteiger partial charge is 0.497 e. The number of sulfonamides is 1. The van der Waals surface area contributed by atoms with Crippen LogP contribution in [-0.2, 0) is 21.3 Å². The van der Waals surface area contributed by atoms with E-state index in [2.05, 4.69) is 14.9 Å². The summed E-state index contributed by atoms with van der Waals surface area (Å²) >= 11 is 1.07. The number of aromatic nitrogens is 2. The van der Waals surface area contributed by atoms with Crippen molar-refractivity contribution in [1.82, 2.24) is 9.97 Å². The molecule has 3 aromatic rings. The number of rotatable bonds is 8. The van der Waals surface area contributed by atoms with Gasteiger partial charge in [0, 0.05) is 19.3 Å². The van der Waals surface area contributed by atoms with Gasteiger partial charge in [0.15, 0.2) is 5.69 Å². The van der Waals surface area contributed by atoms with Crippen molar-refractivity contribution >= 4 is 38.1 Å². The first kappa shape index (κ1) is 26.9. The Morgan fingerprint density at radius 1 is 1.05 bits per heavy atom. The Kier molecular flexibility index (Phi) is 8.03. The lowest BCUT2D eigenvalue weighted by atomic mass is 10.1. The van der Waals surface area contributed by atoms with Gasteiger partial charge in [-0.3, -0.25) is 4.31 Å². The maximum Gasteiger partial charge on any atom is 0.360 e. The molecule has 0 N–H and O–H groups in total. The molecule has 0 amide bonds. The second-order valence-corrected chi connectivity index (χ2v) is 12.5. The van der Waals surface area contributed by atoms with Crippen molar-refractivity contribution < 1.29 is 22.7 Å². The molecule has 0 unspecified atom stereocenters. The summed E-state index contributed by atoms with van der Waals surface area (Å²) in [6.07, 6.45) is 4.76. The Labute approximate surface area is 222 Å². The van der Waals surface area contributed by atoms with Gasteiger partial charge in [-0.1, -0.05) is 12.1 Å². The molecule has 11 heteroatoms. The standard InChI is InChI=1S/C26H32N4O5S2/c1-26(2,3)35-25(31)23-24(36-18-28-23)30(17-19-8-10-20(34-4)11-9-19)37(32,33)21-12-13-22(27-16-21)29-14-6-5-7-15-29/h8-13,16,18H,5-7,14-15,17H2,1-4H3. The topological polar surface area (TPSA) is 102 Å². The number of anilines is 2. The number of carbonyl (C=O) groups excluding carboxylic acids is 1. The summed E-state index contributed by atoms with van der Waals surface area (Å²) in [5.74, 6) is 0.729. The van der Waals surface area contributed by atoms with Gasteiger partial charge in [0.1, 0.15) is 27.1 Å². The molecule has 198 valence electrons. The molecule has 0 saturated carbocycles. The molecule has 9 nitrogen and oxygen atoms in total. The Bertz CT molecular complexity index is 1310. The van der Waals surface area contributed by atoms with Crippen molar-refractivity contribution in [3.63, 3.8) is 0 Å². The third-order valence-electron chi connectivity index (χ3n) is 5.84. The molecule has 1 aromatic carbocycles. The number of ether oxygens (including phenoxy) is 2. The summed E-state index contributed by atoms with van der Waals surface area (Å²) in [5.41, 5.74) is 1.36. The summed E-state index contributed by atoms with van der Waals surface area (Å²) in [5, 5.41) is 0.185. The fourth-order valence-corrected chi connectivity index (χ4v) is 6.42. The van der Waals surface area contributed by atoms with Crippen molar-refractivity contribution in [2.75, 3.05) is 29.4 Å². The second-order valence-electron chi connectivity index (χ2n) is 9.77. The fourth-order valence-electron chi connectivity index (χ4n) is 4.01. The normalized spacial score (nSPS) is 14.3. The molecule has 1 saturated heterocycles. The molecule has 1 aliphatic heterocycles. The number of hydrogen-bond acceptors (Lipinski definition) is 9. The Hall–Kier alpha value is -3.18. The quantitative estimate of drug-likeness (QED) is 0.370. The van der Waals surface area contributed by atoms with Gasteiger partial charge in [0.25, 0.3) is 10.0 Å². The minimum atomic E-state index is -4.10. The number of benzene rings is 1. The van der Waals surface area contributed by atoms with Crippen LogP contribution in [0.1, 0.15) is 56.1 Å². The Morgan fingerprint density at radius 3 is 2.35 bits per heavy atom. The van der Waals surface area contributed by atoms with E-state index in [1.807, 2.05) is 0 Å². The summed E-state index contributed by atoms with van der Waals surface area (Å²) in [6, 6.07) is 10.4. The highest BCUT2D eigenvalue weighted by atomic mass is 32.2. The lowest BCUT2D eigenvalue weighted by Crippen LogP contribution is -2.33. The van der Waals surface area contributed by atoms with Crippen LogP contribution in [0.4, 0.5) is 10.8 Å². The summed E-state index contributed by atoms with van der Waals surface area (Å²) in [7, 11) is -2.54. The maximum atomic E-state index is 14.0. The molecule has 0 spiro atoms. The zero-order valence-corrected chi connectivity index (χ0v) is 23.1. The van der Waals surface area contributed by atoms with Crippen LogP contribution < -0.4 is 13.9 Å². The average molecular weight is 545 g/mol. The number of piperidine rings is 1. The van der Waals surface area contributed by atoms with Crippen LogP contribution in [0, 0.1) is 0 Å². The smallest absolute Gasteiger partial charge is 0.360 e. The number of methoxy groups -OCH3 is 1. The van der Waals surface area contributed by atoms with Crippen LogP contribution in [0.5, 0.6) is 5.75 Å². The minimum Gasteiger partial charge on any atom is -0.497 e. The predicted octanol–water partition coefficient (Wildman–Crippen LogP) is 4.89. The fraction of sp³-hybridized carbons (Fsp3) is 0.423. The Balaban J connectivity index is 1.71. The highest BCUT2D eigenvalue weighted by molar-refractivity contribution is 7.93. The van der Waals surface area contributed by atoms with Crippen LogP contribution in [-0.4, -0.2) is 50.2 Å². The van der Waals surface area contributed by atoms with E-state index in [4.69, 9.17) is 9.47 Å². The maximum absolute atomic E-state index is 14.0. The number of thiazole rings is 1. The SMILES string of the molecule is COc1ccc(CN(c2scnc2C(=O)OC(C)(C)C)S(=O)(=O)c2ccc(N3CCCCC3)nc2)cc1. The van der Waals surface area contributed by atoms with E-state index in [9.17, 15) is 13.2 Å². The van der Waals surface area contributed by atoms with E-state index in [0.717, 1.165) is 43.1 Å². The van der Waals surface area contributed by atoms with Crippen molar-refractivity contribution in [2.45, 2.75) is 57.1 Å². The molecular formula is C26H32N4O5S2. The molecule has 37 heavy (non-hydrogen) atoms. The van der Waals surface area contributed by atoms with E-state index >= 15 is 0 Å². The first-order valence-corrected chi connectivity index (χ1v) is 14.4. The van der Waals surface area contributed by atoms with Gasteiger partial charge < -0.3 is 14.4 Å². The van der Waals surface area contributed by atoms with E-state index in [1.54, 1.807) is 64.3 Å². The van der Waals surface area contributed by atoms with Crippen LogP contribution >= 0.6 is 11.3 Å². The molecule has 0 radical (unpaired) electrons. The average Bonchev–Trinajstić information content (AvgIpc) is 3.37. The second kappa shape index (κ2) is 11.1. The molecular weight excluding hydrogens is 512 g/mol. The number of pyridine rings is 1. The van der Waals surface area contributed by atoms with Crippen molar-refractivity contribution in [1.29, 1.82) is 0 Å². The number of hydrogen-bond donors (Lipinski definition) is 0. The number of carbonyl (C=O) groups is 1. The molecule has 0 atom stereocenters. The van der Waals surface area contributed by atoms with Gasteiger partial charge in [-0.05, 0) is 69.9 Å². The van der Waals surface area contributed by atoms with Crippen LogP contribution in [0.25, 0.3) is 0 Å². The summed E-state index contributed by atoms with van der Waals surface area (Å²) < 4.78 is 39.9. The van der Waals surface area contributed by atoms with Crippen LogP contribution in [0.3, 0.4) is 0 Å². The van der Waals surface area contributed by atoms with Gasteiger partial charge in [-0.2, -0.15) is 0 Å². The van der Waals surface area contributed by atoms with Crippen molar-refractivity contribution in [2.24, 2.45) is 0 Å². The summed E-state index contributed by atoms with van der Waals surface area (Å²) in [4.78, 5) is 23.8. The highest BCUT2D eigenvalue weighted by Gasteiger charge is 2.33. The van der Waals surface area contributed by atoms with Crippen molar-refractivity contribution in [3.05, 3.63) is 59.4 Å². The predicted molar refractivity (Wildman–Crippen MR) is 144 cm³/mol. The molecule has 1 aliphatic rings. The zero-order valence-electron chi connectivity index (χ0n) is 21.5. The van der Waals surface area contributed by atoms with Gasteiger partial charge in [-0.25, -0.2) is 23.2 Å². The molecule has 3 heterocycles. The van der Waals surface area contributed by atoms with Gasteiger partial charge >= 0.3 is 5.97 Å². The van der Waals surface area contributed by atoms with Crippen LogP contribution in [0.15, 0.2) is 53.0 Å². The van der Waals surface area contributed by atoms with Gasteiger partial charge in [0.05, 0.1) is 19.2 Å². The summed E-state index contributed by atoms with van der Waals surface area (Å²) in [6.45, 7) is 7.04. The van der Waals surface area contributed by atoms with Gasteiger partial charge in [-0.15, -0.1) is 11.3 Å². The minimum absolute atomic E-state index is 0.0157. The molecule has 4 rings (SSSR count). The lowest BCUT2D eigenvalue weighted by Gasteiger charge is -2.28. The van der Waals surface area contributed by atoms with E-state index < -0.39 is 21.6 Å². The first-order chi connectivity index (χ1) is 17.6. The molecule has 2 aromatic heterocycles. The number of nitrogens with zero attached hydrogens (tertiary/aromatic N) is 4. The highest BCUT2D eigenvalue weighted by Crippen LogP contribution is 2.34. The zero-order chi connectivity index (χ0) is 26.6. The first-order valence-electron chi connectivity index (χ1n) is 12.1. The Morgan fingerprint density at radius 2 is 1.76 bits per heavy atom. The van der Waals surface area contributed by atoms with Crippen LogP contribution in [0.2, 0.25) is 0 Å². The lowest BCUT2D eigenvalue weighted by molar-refractivity contribution is 0.00646. The molecule has 0 bridgehead atoms. The molecule has 0 aliphatic carbocycles. The van der Waals surface area contributed by atoms with E-state index in [1.165, 1.54) is 22.4 Å². The van der Waals surface area contributed by atoms with E-state index in [-0.39, 0.29) is 22.1 Å². The van der Waals surface area contributed by atoms with Crippen molar-refractivity contribution in [3.8, 4) is 5.75 Å². The third-order valence-corrected chi connectivity index (χ3v) is 8.53. The third kappa shape index (κ3) is 6.40. The van der Waals surface area contributed by atoms with Gasteiger partial charge in [0.2, 0.25) is 0 Å². The number of esters is 1. The van der Waals surface area contributed by atoms with E-state index in [0.29, 0.717) is 11.3 Å². The molecule has 1 fully saturated rings. The monoisotopic (exact) mass is 544 g/mol.